The van der Waals surface area contributed by atoms with Crippen LogP contribution in [0.3, 0.4) is 0 Å². The second-order valence-electron chi connectivity index (χ2n) is 5.96. The quantitative estimate of drug-likeness (QED) is 0.788. The Labute approximate surface area is 133 Å². The number of aromatic hydroxyl groups is 1. The van der Waals surface area contributed by atoms with Crippen LogP contribution in [0.1, 0.15) is 35.3 Å². The van der Waals surface area contributed by atoms with Crippen LogP contribution in [-0.2, 0) is 6.54 Å². The van der Waals surface area contributed by atoms with Gasteiger partial charge in [0, 0.05) is 30.8 Å². The summed E-state index contributed by atoms with van der Waals surface area (Å²) < 4.78 is 14.0. The van der Waals surface area contributed by atoms with Gasteiger partial charge in [0.2, 0.25) is 0 Å². The van der Waals surface area contributed by atoms with Crippen molar-refractivity contribution >= 4 is 11.7 Å². The van der Waals surface area contributed by atoms with E-state index >= 15 is 0 Å². The SMILES string of the molecule is Nc1cc(C(=O)N(Cc2ccc(O)cc2F)CC2CCC2)[nH]n1. The molecule has 2 aromatic rings. The number of benzene rings is 1. The largest absolute Gasteiger partial charge is 0.508 e. The highest BCUT2D eigenvalue weighted by Crippen LogP contribution is 2.28. The Kier molecular flexibility index (Phi) is 4.18. The van der Waals surface area contributed by atoms with Crippen LogP contribution < -0.4 is 5.73 Å². The molecule has 0 spiro atoms. The highest BCUT2D eigenvalue weighted by atomic mass is 19.1. The lowest BCUT2D eigenvalue weighted by Gasteiger charge is -2.32. The van der Waals surface area contributed by atoms with Crippen molar-refractivity contribution in [2.75, 3.05) is 12.3 Å². The Balaban J connectivity index is 1.81. The van der Waals surface area contributed by atoms with Crippen molar-refractivity contribution in [3.8, 4) is 5.75 Å². The highest BCUT2D eigenvalue weighted by Gasteiger charge is 2.26. The summed E-state index contributed by atoms with van der Waals surface area (Å²) in [6, 6.07) is 5.43. The number of carbonyl (C=O) groups is 1. The van der Waals surface area contributed by atoms with Gasteiger partial charge in [0.25, 0.3) is 5.91 Å². The number of hydrogen-bond acceptors (Lipinski definition) is 4. The zero-order valence-corrected chi connectivity index (χ0v) is 12.6. The first-order valence-electron chi connectivity index (χ1n) is 7.60. The van der Waals surface area contributed by atoms with Gasteiger partial charge in [-0.3, -0.25) is 9.89 Å². The third-order valence-electron chi connectivity index (χ3n) is 4.22. The van der Waals surface area contributed by atoms with Gasteiger partial charge in [-0.2, -0.15) is 5.10 Å². The minimum absolute atomic E-state index is 0.135. The third kappa shape index (κ3) is 3.44. The number of anilines is 1. The molecule has 23 heavy (non-hydrogen) atoms. The number of nitrogen functional groups attached to an aromatic ring is 1. The Morgan fingerprint density at radius 2 is 2.22 bits per heavy atom. The molecule has 6 nitrogen and oxygen atoms in total. The van der Waals surface area contributed by atoms with Crippen LogP contribution in [0, 0.1) is 11.7 Å². The number of H-pyrrole nitrogens is 1. The Morgan fingerprint density at radius 1 is 1.43 bits per heavy atom. The minimum Gasteiger partial charge on any atom is -0.508 e. The summed E-state index contributed by atoms with van der Waals surface area (Å²) in [4.78, 5) is 14.2. The van der Waals surface area contributed by atoms with E-state index in [1.54, 1.807) is 4.90 Å². The van der Waals surface area contributed by atoms with E-state index in [0.29, 0.717) is 23.7 Å². The van der Waals surface area contributed by atoms with Crippen LogP contribution >= 0.6 is 0 Å². The molecule has 3 rings (SSSR count). The van der Waals surface area contributed by atoms with Crippen LogP contribution in [0.4, 0.5) is 10.2 Å². The van der Waals surface area contributed by atoms with E-state index < -0.39 is 5.82 Å². The van der Waals surface area contributed by atoms with Crippen molar-refractivity contribution in [3.63, 3.8) is 0 Å². The molecule has 1 amide bonds. The topological polar surface area (TPSA) is 95.2 Å². The molecule has 0 radical (unpaired) electrons. The zero-order valence-electron chi connectivity index (χ0n) is 12.6. The highest BCUT2D eigenvalue weighted by molar-refractivity contribution is 5.93. The number of rotatable bonds is 5. The molecule has 1 aliphatic rings. The molecule has 1 aliphatic carbocycles. The molecule has 4 N–H and O–H groups in total. The average molecular weight is 318 g/mol. The molecule has 1 heterocycles. The fraction of sp³-hybridized carbons (Fsp3) is 0.375. The van der Waals surface area contributed by atoms with Gasteiger partial charge >= 0.3 is 0 Å². The number of amides is 1. The predicted octanol–water partition coefficient (Wildman–Crippen LogP) is 2.28. The number of aromatic nitrogens is 2. The maximum atomic E-state index is 14.0. The molecule has 0 aliphatic heterocycles. The fourth-order valence-electron chi connectivity index (χ4n) is 2.69. The number of hydrogen-bond donors (Lipinski definition) is 3. The van der Waals surface area contributed by atoms with E-state index in [4.69, 9.17) is 5.73 Å². The molecule has 1 aromatic carbocycles. The smallest absolute Gasteiger partial charge is 0.272 e. The van der Waals surface area contributed by atoms with E-state index in [0.717, 1.165) is 25.3 Å². The van der Waals surface area contributed by atoms with Crippen LogP contribution in [0.15, 0.2) is 24.3 Å². The van der Waals surface area contributed by atoms with E-state index in [9.17, 15) is 14.3 Å². The molecule has 1 aromatic heterocycles. The monoisotopic (exact) mass is 318 g/mol. The first kappa shape index (κ1) is 15.3. The van der Waals surface area contributed by atoms with Gasteiger partial charge in [-0.25, -0.2) is 4.39 Å². The lowest BCUT2D eigenvalue weighted by atomic mass is 9.85. The van der Waals surface area contributed by atoms with Gasteiger partial charge < -0.3 is 15.7 Å². The molecule has 1 saturated carbocycles. The minimum atomic E-state index is -0.527. The Morgan fingerprint density at radius 3 is 2.78 bits per heavy atom. The zero-order chi connectivity index (χ0) is 16.4. The molecule has 7 heteroatoms. The van der Waals surface area contributed by atoms with Crippen molar-refractivity contribution in [1.29, 1.82) is 0 Å². The van der Waals surface area contributed by atoms with Gasteiger partial charge in [-0.05, 0) is 24.8 Å². The normalized spacial score (nSPS) is 14.5. The van der Waals surface area contributed by atoms with Crippen molar-refractivity contribution in [1.82, 2.24) is 15.1 Å². The third-order valence-corrected chi connectivity index (χ3v) is 4.22. The van der Waals surface area contributed by atoms with Gasteiger partial charge in [0.05, 0.1) is 0 Å². The van der Waals surface area contributed by atoms with Gasteiger partial charge in [-0.15, -0.1) is 0 Å². The number of phenolic OH excluding ortho intramolecular Hbond substituents is 1. The van der Waals surface area contributed by atoms with E-state index in [1.165, 1.54) is 18.2 Å². The number of nitrogens with two attached hydrogens (primary N) is 1. The first-order chi connectivity index (χ1) is 11.0. The van der Waals surface area contributed by atoms with Crippen LogP contribution in [-0.4, -0.2) is 32.7 Å². The number of halogens is 1. The van der Waals surface area contributed by atoms with Crippen molar-refractivity contribution in [2.45, 2.75) is 25.8 Å². The standard InChI is InChI=1S/C16H19FN4O2/c17-13-6-12(22)5-4-11(13)9-21(8-10-2-1-3-10)16(23)14-7-15(18)20-19-14/h4-7,10,22H,1-3,8-9H2,(H3,18,19,20). The summed E-state index contributed by atoms with van der Waals surface area (Å²) in [7, 11) is 0. The van der Waals surface area contributed by atoms with Crippen LogP contribution in [0.5, 0.6) is 5.75 Å². The van der Waals surface area contributed by atoms with E-state index in [2.05, 4.69) is 10.2 Å². The van der Waals surface area contributed by atoms with Crippen molar-refractivity contribution in [3.05, 3.63) is 41.3 Å². The molecule has 0 bridgehead atoms. The Hall–Kier alpha value is -2.57. The van der Waals surface area contributed by atoms with Gasteiger partial charge in [0.15, 0.2) is 0 Å². The molecule has 1 fully saturated rings. The maximum absolute atomic E-state index is 14.0. The van der Waals surface area contributed by atoms with Crippen molar-refractivity contribution < 1.29 is 14.3 Å². The molecular weight excluding hydrogens is 299 g/mol. The number of carbonyl (C=O) groups excluding carboxylic acids is 1. The Bertz CT molecular complexity index is 712. The molecular formula is C16H19FN4O2. The van der Waals surface area contributed by atoms with E-state index in [1.807, 2.05) is 0 Å². The predicted molar refractivity (Wildman–Crippen MR) is 83.1 cm³/mol. The molecule has 0 saturated heterocycles. The number of aromatic amines is 1. The van der Waals surface area contributed by atoms with Crippen LogP contribution in [0.2, 0.25) is 0 Å². The summed E-state index contributed by atoms with van der Waals surface area (Å²) in [6.07, 6.45) is 3.32. The summed E-state index contributed by atoms with van der Waals surface area (Å²) in [5.41, 5.74) is 6.20. The van der Waals surface area contributed by atoms with Gasteiger partial charge in [0.1, 0.15) is 23.1 Å². The second kappa shape index (κ2) is 6.28. The average Bonchev–Trinajstić information content (AvgIpc) is 2.89. The summed E-state index contributed by atoms with van der Waals surface area (Å²) in [5, 5.41) is 15.7. The molecule has 0 unspecified atom stereocenters. The maximum Gasteiger partial charge on any atom is 0.272 e. The van der Waals surface area contributed by atoms with E-state index in [-0.39, 0.29) is 24.0 Å². The first-order valence-corrected chi connectivity index (χ1v) is 7.60. The lowest BCUT2D eigenvalue weighted by Crippen LogP contribution is -2.37. The van der Waals surface area contributed by atoms with Gasteiger partial charge in [-0.1, -0.05) is 12.5 Å². The summed E-state index contributed by atoms with van der Waals surface area (Å²) in [6.45, 7) is 0.707. The second-order valence-corrected chi connectivity index (χ2v) is 5.96. The fourth-order valence-corrected chi connectivity index (χ4v) is 2.69. The number of nitrogens with zero attached hydrogens (tertiary/aromatic N) is 2. The summed E-state index contributed by atoms with van der Waals surface area (Å²) in [5.74, 6) is -0.231. The molecule has 122 valence electrons. The summed E-state index contributed by atoms with van der Waals surface area (Å²) >= 11 is 0. The molecule has 0 atom stereocenters. The number of phenols is 1. The van der Waals surface area contributed by atoms with Crippen LogP contribution in [0.25, 0.3) is 0 Å². The number of nitrogens with one attached hydrogen (secondary N) is 1. The lowest BCUT2D eigenvalue weighted by molar-refractivity contribution is 0.0671. The van der Waals surface area contributed by atoms with Crippen molar-refractivity contribution in [2.24, 2.45) is 5.92 Å².